The van der Waals surface area contributed by atoms with E-state index in [-0.39, 0.29) is 16.9 Å². The van der Waals surface area contributed by atoms with E-state index in [4.69, 9.17) is 17.0 Å². The predicted molar refractivity (Wildman–Crippen MR) is 121 cm³/mol. The number of methoxy groups -OCH3 is 1. The molecule has 1 aliphatic rings. The minimum Gasteiger partial charge on any atom is -0.496 e. The molecule has 0 atom stereocenters. The van der Waals surface area contributed by atoms with Gasteiger partial charge in [-0.15, -0.1) is 0 Å². The molecular formula is C21H22BrN3O3S. The van der Waals surface area contributed by atoms with E-state index >= 15 is 0 Å². The molecule has 0 radical (unpaired) electrons. The van der Waals surface area contributed by atoms with E-state index in [1.807, 2.05) is 17.0 Å². The fraction of sp³-hybridized carbons (Fsp3) is 0.286. The van der Waals surface area contributed by atoms with Crippen LogP contribution in [0.15, 0.2) is 46.9 Å². The molecule has 152 valence electrons. The standard InChI is InChI=1S/C21H22BrN3O3S/c1-28-18-10-9-14(13-16(18)22)19(26)24-21(29)23-17-8-4-3-7-15(17)20(27)25-11-5-2-6-12-25/h3-4,7-10,13H,2,5-6,11-12H2,1H3,(H2,23,24,26,29). The second-order valence-corrected chi connectivity index (χ2v) is 7.92. The molecule has 6 nitrogen and oxygen atoms in total. The highest BCUT2D eigenvalue weighted by molar-refractivity contribution is 9.10. The summed E-state index contributed by atoms with van der Waals surface area (Å²) < 4.78 is 5.84. The molecule has 0 bridgehead atoms. The lowest BCUT2D eigenvalue weighted by Crippen LogP contribution is -2.37. The lowest BCUT2D eigenvalue weighted by Gasteiger charge is -2.27. The highest BCUT2D eigenvalue weighted by Crippen LogP contribution is 2.25. The zero-order valence-electron chi connectivity index (χ0n) is 16.0. The molecular weight excluding hydrogens is 454 g/mol. The summed E-state index contributed by atoms with van der Waals surface area (Å²) >= 11 is 8.66. The van der Waals surface area contributed by atoms with Gasteiger partial charge in [-0.05, 0) is 77.7 Å². The molecule has 3 rings (SSSR count). The van der Waals surface area contributed by atoms with Crippen molar-refractivity contribution in [1.82, 2.24) is 10.2 Å². The zero-order chi connectivity index (χ0) is 20.8. The minimum absolute atomic E-state index is 0.0268. The Kier molecular flexibility index (Phi) is 7.22. The van der Waals surface area contributed by atoms with Crippen molar-refractivity contribution in [2.75, 3.05) is 25.5 Å². The van der Waals surface area contributed by atoms with Gasteiger partial charge in [0.15, 0.2) is 5.11 Å². The van der Waals surface area contributed by atoms with Crippen molar-refractivity contribution in [3.63, 3.8) is 0 Å². The van der Waals surface area contributed by atoms with Crippen LogP contribution in [0.1, 0.15) is 40.0 Å². The van der Waals surface area contributed by atoms with Crippen molar-refractivity contribution in [2.45, 2.75) is 19.3 Å². The molecule has 0 unspecified atom stereocenters. The maximum Gasteiger partial charge on any atom is 0.257 e. The third kappa shape index (κ3) is 5.33. The quantitative estimate of drug-likeness (QED) is 0.648. The van der Waals surface area contributed by atoms with Crippen molar-refractivity contribution in [3.8, 4) is 5.75 Å². The van der Waals surface area contributed by atoms with Crippen LogP contribution in [0.3, 0.4) is 0 Å². The van der Waals surface area contributed by atoms with Gasteiger partial charge in [0.25, 0.3) is 11.8 Å². The number of halogens is 1. The molecule has 29 heavy (non-hydrogen) atoms. The van der Waals surface area contributed by atoms with Crippen LogP contribution in [0.2, 0.25) is 0 Å². The van der Waals surface area contributed by atoms with Crippen LogP contribution in [-0.2, 0) is 0 Å². The molecule has 8 heteroatoms. The van der Waals surface area contributed by atoms with Crippen LogP contribution in [0.4, 0.5) is 5.69 Å². The molecule has 2 amide bonds. The van der Waals surface area contributed by atoms with E-state index in [9.17, 15) is 9.59 Å². The van der Waals surface area contributed by atoms with Gasteiger partial charge in [-0.2, -0.15) is 0 Å². The first-order chi connectivity index (χ1) is 14.0. The molecule has 1 aliphatic heterocycles. The highest BCUT2D eigenvalue weighted by atomic mass is 79.9. The predicted octanol–water partition coefficient (Wildman–Crippen LogP) is 4.21. The fourth-order valence-electron chi connectivity index (χ4n) is 3.18. The van der Waals surface area contributed by atoms with Gasteiger partial charge in [-0.3, -0.25) is 14.9 Å². The summed E-state index contributed by atoms with van der Waals surface area (Å²) in [4.78, 5) is 27.2. The van der Waals surface area contributed by atoms with Crippen LogP contribution in [0.25, 0.3) is 0 Å². The number of amides is 2. The van der Waals surface area contributed by atoms with Crippen molar-refractivity contribution in [1.29, 1.82) is 0 Å². The number of carbonyl (C=O) groups excluding carboxylic acids is 2. The molecule has 0 saturated carbocycles. The van der Waals surface area contributed by atoms with Crippen molar-refractivity contribution in [3.05, 3.63) is 58.1 Å². The molecule has 2 N–H and O–H groups in total. The highest BCUT2D eigenvalue weighted by Gasteiger charge is 2.21. The number of benzene rings is 2. The topological polar surface area (TPSA) is 70.7 Å². The van der Waals surface area contributed by atoms with Gasteiger partial charge < -0.3 is 15.0 Å². The summed E-state index contributed by atoms with van der Waals surface area (Å²) in [5.74, 6) is 0.249. The fourth-order valence-corrected chi connectivity index (χ4v) is 3.93. The Hall–Kier alpha value is -2.45. The van der Waals surface area contributed by atoms with Gasteiger partial charge in [-0.25, -0.2) is 0 Å². The lowest BCUT2D eigenvalue weighted by molar-refractivity contribution is 0.0725. The van der Waals surface area contributed by atoms with Crippen LogP contribution in [-0.4, -0.2) is 42.0 Å². The Bertz CT molecular complexity index is 929. The first kappa shape index (κ1) is 21.3. The molecule has 0 aliphatic carbocycles. The van der Waals surface area contributed by atoms with E-state index in [0.29, 0.717) is 27.0 Å². The molecule has 0 spiro atoms. The zero-order valence-corrected chi connectivity index (χ0v) is 18.4. The molecule has 1 saturated heterocycles. The Morgan fingerprint density at radius 2 is 1.83 bits per heavy atom. The normalized spacial score (nSPS) is 13.5. The number of hydrogen-bond acceptors (Lipinski definition) is 4. The van der Waals surface area contributed by atoms with Crippen LogP contribution >= 0.6 is 28.1 Å². The first-order valence-corrected chi connectivity index (χ1v) is 10.5. The number of piperidine rings is 1. The number of ether oxygens (including phenoxy) is 1. The average Bonchev–Trinajstić information content (AvgIpc) is 2.74. The Morgan fingerprint density at radius 1 is 1.10 bits per heavy atom. The van der Waals surface area contributed by atoms with Crippen molar-refractivity contribution < 1.29 is 14.3 Å². The van der Waals surface area contributed by atoms with Crippen LogP contribution in [0.5, 0.6) is 5.75 Å². The summed E-state index contributed by atoms with van der Waals surface area (Å²) in [5.41, 5.74) is 1.54. The number of rotatable bonds is 4. The number of hydrogen-bond donors (Lipinski definition) is 2. The van der Waals surface area contributed by atoms with Gasteiger partial charge >= 0.3 is 0 Å². The van der Waals surface area contributed by atoms with E-state index in [0.717, 1.165) is 32.4 Å². The largest absolute Gasteiger partial charge is 0.496 e. The monoisotopic (exact) mass is 475 g/mol. The minimum atomic E-state index is -0.356. The number of para-hydroxylation sites is 1. The van der Waals surface area contributed by atoms with Gasteiger partial charge in [0, 0.05) is 18.7 Å². The molecule has 2 aromatic rings. The summed E-state index contributed by atoms with van der Waals surface area (Å²) in [6.07, 6.45) is 3.20. The first-order valence-electron chi connectivity index (χ1n) is 9.34. The van der Waals surface area contributed by atoms with E-state index in [1.165, 1.54) is 0 Å². The summed E-state index contributed by atoms with van der Waals surface area (Å²) in [6.45, 7) is 1.53. The van der Waals surface area contributed by atoms with Gasteiger partial charge in [0.1, 0.15) is 5.75 Å². The number of carbonyl (C=O) groups is 2. The third-order valence-corrected chi connectivity index (χ3v) is 5.51. The van der Waals surface area contributed by atoms with Crippen LogP contribution in [0, 0.1) is 0 Å². The number of thiocarbonyl (C=S) groups is 1. The van der Waals surface area contributed by atoms with E-state index in [1.54, 1.807) is 37.4 Å². The molecule has 0 aromatic heterocycles. The van der Waals surface area contributed by atoms with Crippen molar-refractivity contribution in [2.24, 2.45) is 0 Å². The summed E-state index contributed by atoms with van der Waals surface area (Å²) in [5, 5.41) is 5.76. The van der Waals surface area contributed by atoms with Gasteiger partial charge in [0.05, 0.1) is 22.8 Å². The Labute approximate surface area is 183 Å². The van der Waals surface area contributed by atoms with Crippen LogP contribution < -0.4 is 15.4 Å². The second-order valence-electron chi connectivity index (χ2n) is 6.66. The van der Waals surface area contributed by atoms with Gasteiger partial charge in [0.2, 0.25) is 0 Å². The third-order valence-electron chi connectivity index (χ3n) is 4.69. The number of nitrogens with one attached hydrogen (secondary N) is 2. The summed E-state index contributed by atoms with van der Waals surface area (Å²) in [7, 11) is 1.56. The molecule has 2 aromatic carbocycles. The smallest absolute Gasteiger partial charge is 0.257 e. The van der Waals surface area contributed by atoms with Gasteiger partial charge in [-0.1, -0.05) is 12.1 Å². The molecule has 1 fully saturated rings. The Morgan fingerprint density at radius 3 is 2.52 bits per heavy atom. The Balaban J connectivity index is 1.68. The summed E-state index contributed by atoms with van der Waals surface area (Å²) in [6, 6.07) is 12.2. The maximum atomic E-state index is 12.9. The van der Waals surface area contributed by atoms with Crippen molar-refractivity contribution >= 4 is 50.8 Å². The van der Waals surface area contributed by atoms with E-state index in [2.05, 4.69) is 26.6 Å². The molecule has 1 heterocycles. The number of anilines is 1. The second kappa shape index (κ2) is 9.84. The van der Waals surface area contributed by atoms with E-state index < -0.39 is 0 Å². The maximum absolute atomic E-state index is 12.9. The number of nitrogens with zero attached hydrogens (tertiary/aromatic N) is 1. The average molecular weight is 476 g/mol. The lowest BCUT2D eigenvalue weighted by atomic mass is 10.1. The SMILES string of the molecule is COc1ccc(C(=O)NC(=S)Nc2ccccc2C(=O)N2CCCCC2)cc1Br. The number of likely N-dealkylation sites (tertiary alicyclic amines) is 1.